The molecule has 0 radical (unpaired) electrons. The molecule has 30 heavy (non-hydrogen) atoms. The molecule has 3 aromatic carbocycles. The highest BCUT2D eigenvalue weighted by Crippen LogP contribution is 2.33. The number of carbonyl (C=O) groups is 1. The van der Waals surface area contributed by atoms with E-state index in [2.05, 4.69) is 0 Å². The van der Waals surface area contributed by atoms with Crippen LogP contribution in [0, 0.1) is 0 Å². The molecular weight excluding hydrogens is 396 g/mol. The summed E-state index contributed by atoms with van der Waals surface area (Å²) in [6.07, 6.45) is 2.69. The fraction of sp³-hybridized carbons (Fsp3) is 0.125. The van der Waals surface area contributed by atoms with Gasteiger partial charge in [-0.05, 0) is 42.3 Å². The van der Waals surface area contributed by atoms with Crippen molar-refractivity contribution >= 4 is 26.8 Å². The summed E-state index contributed by atoms with van der Waals surface area (Å²) < 4.78 is 28.2. The second kappa shape index (κ2) is 7.15. The predicted octanol–water partition coefficient (Wildman–Crippen LogP) is 4.39. The van der Waals surface area contributed by atoms with Gasteiger partial charge in [-0.3, -0.25) is 4.79 Å². The second-order valence-corrected chi connectivity index (χ2v) is 9.21. The van der Waals surface area contributed by atoms with Crippen molar-refractivity contribution in [1.29, 1.82) is 0 Å². The number of hydrogen-bond acceptors (Lipinski definition) is 3. The average Bonchev–Trinajstić information content (AvgIpc) is 3.14. The molecule has 0 spiro atoms. The lowest BCUT2D eigenvalue weighted by Crippen LogP contribution is -2.42. The smallest absolute Gasteiger partial charge is 0.268 e. The Morgan fingerprint density at radius 2 is 1.47 bits per heavy atom. The Morgan fingerprint density at radius 3 is 2.13 bits per heavy atom. The Kier molecular flexibility index (Phi) is 4.44. The zero-order chi connectivity index (χ0) is 20.7. The van der Waals surface area contributed by atoms with Gasteiger partial charge in [0.2, 0.25) is 0 Å². The molecule has 5 nitrogen and oxygen atoms in total. The first kappa shape index (κ1) is 18.6. The minimum absolute atomic E-state index is 0.0528. The third-order valence-corrected chi connectivity index (χ3v) is 7.25. The zero-order valence-corrected chi connectivity index (χ0v) is 17.0. The van der Waals surface area contributed by atoms with Gasteiger partial charge in [0.15, 0.2) is 0 Å². The minimum atomic E-state index is -3.82. The van der Waals surface area contributed by atoms with Gasteiger partial charge < -0.3 is 4.90 Å². The van der Waals surface area contributed by atoms with Crippen molar-refractivity contribution in [3.05, 3.63) is 90.6 Å². The van der Waals surface area contributed by atoms with Crippen molar-refractivity contribution in [3.63, 3.8) is 0 Å². The summed E-state index contributed by atoms with van der Waals surface area (Å²) in [7, 11) is -3.82. The van der Waals surface area contributed by atoms with E-state index < -0.39 is 10.0 Å². The molecule has 0 bridgehead atoms. The van der Waals surface area contributed by atoms with Crippen molar-refractivity contribution in [2.75, 3.05) is 13.1 Å². The van der Waals surface area contributed by atoms with Gasteiger partial charge in [-0.1, -0.05) is 48.5 Å². The quantitative estimate of drug-likeness (QED) is 0.496. The Morgan fingerprint density at radius 1 is 0.800 bits per heavy atom. The van der Waals surface area contributed by atoms with Crippen LogP contribution in [0.1, 0.15) is 16.8 Å². The molecular formula is C24H20N2O3S. The van der Waals surface area contributed by atoms with E-state index in [-0.39, 0.29) is 10.8 Å². The van der Waals surface area contributed by atoms with E-state index in [1.807, 2.05) is 48.5 Å². The largest absolute Gasteiger partial charge is 0.339 e. The summed E-state index contributed by atoms with van der Waals surface area (Å²) in [5.74, 6) is -0.0528. The van der Waals surface area contributed by atoms with Crippen LogP contribution in [0.4, 0.5) is 0 Å². The van der Waals surface area contributed by atoms with Gasteiger partial charge in [-0.25, -0.2) is 12.4 Å². The average molecular weight is 417 g/mol. The van der Waals surface area contributed by atoms with Crippen LogP contribution in [-0.4, -0.2) is 36.3 Å². The van der Waals surface area contributed by atoms with Crippen LogP contribution in [-0.2, 0) is 10.0 Å². The maximum atomic E-state index is 13.4. The highest BCUT2D eigenvalue weighted by atomic mass is 32.2. The highest BCUT2D eigenvalue weighted by molar-refractivity contribution is 7.90. The second-order valence-electron chi connectivity index (χ2n) is 7.40. The van der Waals surface area contributed by atoms with Gasteiger partial charge in [-0.2, -0.15) is 0 Å². The zero-order valence-electron chi connectivity index (χ0n) is 16.2. The standard InChI is InChI=1S/C24H20N2O3S/c27-24(25-15-6-16-25)19-11-13-20(14-12-19)30(28,29)26-17-22(18-7-2-1-3-8-18)21-9-4-5-10-23(21)26/h1-5,7-14,17H,6,15-16H2. The number of benzene rings is 3. The monoisotopic (exact) mass is 416 g/mol. The normalized spacial score (nSPS) is 13.9. The van der Waals surface area contributed by atoms with Gasteiger partial charge >= 0.3 is 0 Å². The van der Waals surface area contributed by atoms with Crippen LogP contribution < -0.4 is 0 Å². The van der Waals surface area contributed by atoms with E-state index in [1.54, 1.807) is 29.3 Å². The number of nitrogens with zero attached hydrogens (tertiary/aromatic N) is 2. The van der Waals surface area contributed by atoms with Gasteiger partial charge in [0.1, 0.15) is 0 Å². The number of hydrogen-bond donors (Lipinski definition) is 0. The molecule has 1 fully saturated rings. The molecule has 0 aliphatic carbocycles. The van der Waals surface area contributed by atoms with Gasteiger partial charge in [0, 0.05) is 35.8 Å². The number of likely N-dealkylation sites (tertiary alicyclic amines) is 1. The fourth-order valence-corrected chi connectivity index (χ4v) is 5.15. The van der Waals surface area contributed by atoms with E-state index in [9.17, 15) is 13.2 Å². The number of fused-ring (bicyclic) bond motifs is 1. The number of carbonyl (C=O) groups excluding carboxylic acids is 1. The molecule has 0 unspecified atom stereocenters. The summed E-state index contributed by atoms with van der Waals surface area (Å²) >= 11 is 0. The molecule has 150 valence electrons. The van der Waals surface area contributed by atoms with Gasteiger partial charge in [0.05, 0.1) is 10.4 Å². The summed E-state index contributed by atoms with van der Waals surface area (Å²) in [4.78, 5) is 14.3. The Balaban J connectivity index is 1.59. The van der Waals surface area contributed by atoms with Crippen molar-refractivity contribution in [3.8, 4) is 11.1 Å². The molecule has 1 aliphatic heterocycles. The maximum absolute atomic E-state index is 13.4. The third-order valence-electron chi connectivity index (χ3n) is 5.56. The number of rotatable bonds is 4. The van der Waals surface area contributed by atoms with Gasteiger partial charge in [-0.15, -0.1) is 0 Å². The summed E-state index contributed by atoms with van der Waals surface area (Å²) in [5, 5.41) is 0.872. The van der Waals surface area contributed by atoms with Gasteiger partial charge in [0.25, 0.3) is 15.9 Å². The van der Waals surface area contributed by atoms with Crippen LogP contribution in [0.3, 0.4) is 0 Å². The molecule has 1 amide bonds. The van der Waals surface area contributed by atoms with E-state index >= 15 is 0 Å². The van der Waals surface area contributed by atoms with Crippen molar-refractivity contribution in [1.82, 2.24) is 8.87 Å². The lowest BCUT2D eigenvalue weighted by Gasteiger charge is -2.30. The SMILES string of the molecule is O=C(c1ccc(S(=O)(=O)n2cc(-c3ccccc3)c3ccccc32)cc1)N1CCC1. The van der Waals surface area contributed by atoms with E-state index in [0.717, 1.165) is 36.0 Å². The first-order chi connectivity index (χ1) is 14.6. The number of aromatic nitrogens is 1. The van der Waals surface area contributed by atoms with Crippen molar-refractivity contribution < 1.29 is 13.2 Å². The van der Waals surface area contributed by atoms with Crippen molar-refractivity contribution in [2.24, 2.45) is 0 Å². The lowest BCUT2D eigenvalue weighted by atomic mass is 10.1. The third kappa shape index (κ3) is 3.00. The maximum Gasteiger partial charge on any atom is 0.268 e. The summed E-state index contributed by atoms with van der Waals surface area (Å²) in [5.41, 5.74) is 2.95. The summed E-state index contributed by atoms with van der Waals surface area (Å²) in [6.45, 7) is 1.52. The highest BCUT2D eigenvalue weighted by Gasteiger charge is 2.24. The lowest BCUT2D eigenvalue weighted by molar-refractivity contribution is 0.0651. The Hall–Kier alpha value is -3.38. The first-order valence-corrected chi connectivity index (χ1v) is 11.3. The molecule has 5 rings (SSSR count). The molecule has 2 heterocycles. The molecule has 1 aliphatic rings. The number of para-hydroxylation sites is 1. The molecule has 1 aromatic heterocycles. The van der Waals surface area contributed by atoms with E-state index in [4.69, 9.17) is 0 Å². The van der Waals surface area contributed by atoms with Crippen LogP contribution >= 0.6 is 0 Å². The van der Waals surface area contributed by atoms with Crippen LogP contribution in [0.25, 0.3) is 22.0 Å². The Labute approximate surface area is 175 Å². The predicted molar refractivity (Wildman–Crippen MR) is 117 cm³/mol. The Bertz CT molecular complexity index is 1340. The van der Waals surface area contributed by atoms with Crippen molar-refractivity contribution in [2.45, 2.75) is 11.3 Å². The van der Waals surface area contributed by atoms with Crippen LogP contribution in [0.15, 0.2) is 90.0 Å². The molecule has 1 saturated heterocycles. The molecule has 0 atom stereocenters. The van der Waals surface area contributed by atoms with Crippen LogP contribution in [0.2, 0.25) is 0 Å². The van der Waals surface area contributed by atoms with Crippen LogP contribution in [0.5, 0.6) is 0 Å². The van der Waals surface area contributed by atoms with E-state index in [1.165, 1.54) is 16.1 Å². The number of amides is 1. The van der Waals surface area contributed by atoms with E-state index in [0.29, 0.717) is 11.1 Å². The molecule has 0 N–H and O–H groups in total. The molecule has 4 aromatic rings. The first-order valence-electron chi connectivity index (χ1n) is 9.86. The fourth-order valence-electron chi connectivity index (χ4n) is 3.78. The molecule has 6 heteroatoms. The molecule has 0 saturated carbocycles. The topological polar surface area (TPSA) is 59.4 Å². The summed E-state index contributed by atoms with van der Waals surface area (Å²) in [6, 6.07) is 23.4. The minimum Gasteiger partial charge on any atom is -0.339 e.